The molecule has 10 heteroatoms. The molecule has 2 heterocycles. The van der Waals surface area contributed by atoms with Gasteiger partial charge in [-0.3, -0.25) is 4.98 Å². The largest absolute Gasteiger partial charge is 0.417 e. The third-order valence-electron chi connectivity index (χ3n) is 3.13. The van der Waals surface area contributed by atoms with E-state index in [0.29, 0.717) is 12.2 Å². The van der Waals surface area contributed by atoms with Crippen LogP contribution in [0.25, 0.3) is 5.69 Å². The van der Waals surface area contributed by atoms with Crippen molar-refractivity contribution in [1.29, 1.82) is 0 Å². The van der Waals surface area contributed by atoms with Gasteiger partial charge in [0, 0.05) is 18.8 Å². The highest BCUT2D eigenvalue weighted by atomic mass is 35.5. The molecule has 1 aromatic carbocycles. The number of halogens is 5. The van der Waals surface area contributed by atoms with Crippen LogP contribution in [0.2, 0.25) is 5.02 Å². The van der Waals surface area contributed by atoms with Crippen molar-refractivity contribution in [3.8, 4) is 5.69 Å². The van der Waals surface area contributed by atoms with Gasteiger partial charge in [-0.05, 0) is 34.2 Å². The van der Waals surface area contributed by atoms with Crippen LogP contribution >= 0.6 is 24.0 Å². The number of hydrogen-bond donors (Lipinski definition) is 0. The first-order valence-electron chi connectivity index (χ1n) is 6.49. The summed E-state index contributed by atoms with van der Waals surface area (Å²) in [4.78, 5) is 3.98. The highest BCUT2D eigenvalue weighted by molar-refractivity contribution is 6.33. The maximum absolute atomic E-state index is 13.0. The van der Waals surface area contributed by atoms with Crippen molar-refractivity contribution < 1.29 is 13.2 Å². The van der Waals surface area contributed by atoms with Gasteiger partial charge in [-0.15, -0.1) is 17.5 Å². The Bertz CT molecular complexity index is 821. The summed E-state index contributed by atoms with van der Waals surface area (Å²) in [7, 11) is 0. The number of alkyl halides is 3. The van der Waals surface area contributed by atoms with Crippen molar-refractivity contribution in [3.05, 3.63) is 64.7 Å². The minimum atomic E-state index is -4.55. The smallest absolute Gasteiger partial charge is 0.264 e. The molecule has 0 saturated heterocycles. The molecule has 3 rings (SSSR count). The summed E-state index contributed by atoms with van der Waals surface area (Å²) in [5.74, 6) is 0.360. The summed E-state index contributed by atoms with van der Waals surface area (Å²) in [5.41, 5.74) is -0.0310. The molecule has 24 heavy (non-hydrogen) atoms. The predicted molar refractivity (Wildman–Crippen MR) is 83.5 cm³/mol. The molecule has 0 aliphatic carbocycles. The summed E-state index contributed by atoms with van der Waals surface area (Å²) < 4.78 is 40.1. The molecular formula is C14H10Cl2F3N5. The standard InChI is InChI=1S/C14H9ClF3N5.ClH/c15-13-10(14(16,17)18)4-1-5-11(13)23-12(20-21-22-23)7-9-3-2-6-19-8-9;/h1-6,8H,7H2;1H. The second kappa shape index (κ2) is 7.14. The Labute approximate surface area is 145 Å². The third-order valence-corrected chi connectivity index (χ3v) is 3.53. The van der Waals surface area contributed by atoms with Crippen LogP contribution in [0.4, 0.5) is 13.2 Å². The lowest BCUT2D eigenvalue weighted by Gasteiger charge is -2.12. The maximum Gasteiger partial charge on any atom is 0.417 e. The van der Waals surface area contributed by atoms with Crippen molar-refractivity contribution in [3.63, 3.8) is 0 Å². The Kier molecular flexibility index (Phi) is 5.40. The van der Waals surface area contributed by atoms with Crippen molar-refractivity contribution in [2.75, 3.05) is 0 Å². The van der Waals surface area contributed by atoms with Gasteiger partial charge in [-0.2, -0.15) is 17.9 Å². The molecule has 0 atom stereocenters. The molecule has 0 spiro atoms. The molecule has 0 unspecified atom stereocenters. The molecule has 0 aliphatic heterocycles. The summed E-state index contributed by atoms with van der Waals surface area (Å²) in [6.07, 6.45) is -0.985. The number of rotatable bonds is 3. The van der Waals surface area contributed by atoms with Crippen LogP contribution in [0.1, 0.15) is 17.0 Å². The van der Waals surface area contributed by atoms with E-state index < -0.39 is 16.8 Å². The summed E-state index contributed by atoms with van der Waals surface area (Å²) in [6, 6.07) is 7.18. The van der Waals surface area contributed by atoms with Crippen LogP contribution in [-0.2, 0) is 12.6 Å². The van der Waals surface area contributed by atoms with Crippen molar-refractivity contribution >= 4 is 24.0 Å². The molecule has 2 aromatic heterocycles. The summed E-state index contributed by atoms with van der Waals surface area (Å²) in [5, 5.41) is 10.7. The number of tetrazole rings is 1. The van der Waals surface area contributed by atoms with Gasteiger partial charge >= 0.3 is 6.18 Å². The molecule has 0 amide bonds. The zero-order valence-corrected chi connectivity index (χ0v) is 13.5. The zero-order valence-electron chi connectivity index (χ0n) is 11.9. The molecule has 0 saturated carbocycles. The third kappa shape index (κ3) is 3.65. The second-order valence-corrected chi connectivity index (χ2v) is 5.06. The Balaban J connectivity index is 0.00000208. The second-order valence-electron chi connectivity index (χ2n) is 4.68. The van der Waals surface area contributed by atoms with E-state index in [1.807, 2.05) is 6.07 Å². The lowest BCUT2D eigenvalue weighted by Crippen LogP contribution is -2.10. The first-order chi connectivity index (χ1) is 11.0. The van der Waals surface area contributed by atoms with Crippen molar-refractivity contribution in [1.82, 2.24) is 25.2 Å². The van der Waals surface area contributed by atoms with E-state index in [9.17, 15) is 13.2 Å². The fourth-order valence-corrected chi connectivity index (χ4v) is 2.40. The minimum Gasteiger partial charge on any atom is -0.264 e. The first-order valence-corrected chi connectivity index (χ1v) is 6.87. The Morgan fingerprint density at radius 1 is 1.12 bits per heavy atom. The van der Waals surface area contributed by atoms with Gasteiger partial charge in [-0.25, -0.2) is 0 Å². The molecule has 0 N–H and O–H groups in total. The Morgan fingerprint density at radius 3 is 2.58 bits per heavy atom. The maximum atomic E-state index is 13.0. The van der Waals surface area contributed by atoms with E-state index in [0.717, 1.165) is 11.6 Å². The van der Waals surface area contributed by atoms with Crippen molar-refractivity contribution in [2.24, 2.45) is 0 Å². The van der Waals surface area contributed by atoms with Gasteiger partial charge in [0.25, 0.3) is 0 Å². The van der Waals surface area contributed by atoms with Crippen molar-refractivity contribution in [2.45, 2.75) is 12.6 Å². The molecular weight excluding hydrogens is 366 g/mol. The minimum absolute atomic E-state index is 0. The average molecular weight is 376 g/mol. The van der Waals surface area contributed by atoms with Crippen LogP contribution in [0.15, 0.2) is 42.7 Å². The molecule has 0 aliphatic rings. The highest BCUT2D eigenvalue weighted by Gasteiger charge is 2.34. The quantitative estimate of drug-likeness (QED) is 0.699. The highest BCUT2D eigenvalue weighted by Crippen LogP contribution is 2.37. The average Bonchev–Trinajstić information content (AvgIpc) is 2.95. The van der Waals surface area contributed by atoms with E-state index >= 15 is 0 Å². The molecule has 0 radical (unpaired) electrons. The van der Waals surface area contributed by atoms with Gasteiger partial charge in [0.2, 0.25) is 0 Å². The number of aromatic nitrogens is 5. The van der Waals surface area contributed by atoms with Gasteiger partial charge < -0.3 is 0 Å². The van der Waals surface area contributed by atoms with E-state index in [2.05, 4.69) is 20.5 Å². The summed E-state index contributed by atoms with van der Waals surface area (Å²) in [6.45, 7) is 0. The van der Waals surface area contributed by atoms with Crippen LogP contribution in [0, 0.1) is 0 Å². The summed E-state index contributed by atoms with van der Waals surface area (Å²) >= 11 is 5.91. The Morgan fingerprint density at radius 2 is 1.92 bits per heavy atom. The Hall–Kier alpha value is -2.19. The topological polar surface area (TPSA) is 56.5 Å². The molecule has 126 valence electrons. The lowest BCUT2D eigenvalue weighted by molar-refractivity contribution is -0.137. The normalized spacial score (nSPS) is 11.2. The van der Waals surface area contributed by atoms with Gasteiger partial charge in [-0.1, -0.05) is 23.7 Å². The number of hydrogen-bond acceptors (Lipinski definition) is 4. The van der Waals surface area contributed by atoms with Gasteiger partial charge in [0.05, 0.1) is 16.3 Å². The van der Waals surface area contributed by atoms with Crippen LogP contribution < -0.4 is 0 Å². The van der Waals surface area contributed by atoms with E-state index in [1.165, 1.54) is 16.8 Å². The molecule has 0 bridgehead atoms. The number of pyridine rings is 1. The van der Waals surface area contributed by atoms with Gasteiger partial charge in [0.1, 0.15) is 0 Å². The van der Waals surface area contributed by atoms with Gasteiger partial charge in [0.15, 0.2) is 5.82 Å². The zero-order chi connectivity index (χ0) is 16.4. The fourth-order valence-electron chi connectivity index (χ4n) is 2.09. The fraction of sp³-hybridized carbons (Fsp3) is 0.143. The van der Waals surface area contributed by atoms with E-state index in [-0.39, 0.29) is 18.1 Å². The predicted octanol–water partition coefficient (Wildman–Crippen LogP) is 3.74. The van der Waals surface area contributed by atoms with E-state index in [4.69, 9.17) is 11.6 Å². The lowest BCUT2D eigenvalue weighted by atomic mass is 10.1. The molecule has 3 aromatic rings. The van der Waals surface area contributed by atoms with Crippen LogP contribution in [0.5, 0.6) is 0 Å². The number of nitrogens with zero attached hydrogens (tertiary/aromatic N) is 5. The van der Waals surface area contributed by atoms with Crippen LogP contribution in [-0.4, -0.2) is 25.2 Å². The first kappa shape index (κ1) is 18.2. The number of benzene rings is 1. The monoisotopic (exact) mass is 375 g/mol. The van der Waals surface area contributed by atoms with Crippen LogP contribution in [0.3, 0.4) is 0 Å². The molecule has 0 fully saturated rings. The molecule has 5 nitrogen and oxygen atoms in total. The van der Waals surface area contributed by atoms with E-state index in [1.54, 1.807) is 18.5 Å². The SMILES string of the molecule is Cl.FC(F)(F)c1cccc(-n2nnnc2Cc2cccnc2)c1Cl.